The van der Waals surface area contributed by atoms with Crippen LogP contribution < -0.4 is 5.32 Å². The molecule has 1 saturated carbocycles. The summed E-state index contributed by atoms with van der Waals surface area (Å²) in [6.07, 6.45) is 7.58. The summed E-state index contributed by atoms with van der Waals surface area (Å²) in [5.74, 6) is 0.904. The third kappa shape index (κ3) is 3.31. The van der Waals surface area contributed by atoms with Crippen molar-refractivity contribution in [1.82, 2.24) is 15.2 Å². The second kappa shape index (κ2) is 5.68. The molecule has 2 aliphatic rings. The van der Waals surface area contributed by atoms with E-state index in [9.17, 15) is 0 Å². The van der Waals surface area contributed by atoms with Crippen LogP contribution in [0, 0.1) is 12.8 Å². The van der Waals surface area contributed by atoms with Crippen LogP contribution in [-0.2, 0) is 6.54 Å². The van der Waals surface area contributed by atoms with Crippen LogP contribution in [-0.4, -0.2) is 35.6 Å². The zero-order valence-corrected chi connectivity index (χ0v) is 12.0. The molecule has 1 N–H and O–H groups in total. The molecule has 1 aliphatic carbocycles. The highest BCUT2D eigenvalue weighted by Gasteiger charge is 2.31. The molecule has 1 aromatic rings. The Balaban J connectivity index is 1.57. The van der Waals surface area contributed by atoms with Gasteiger partial charge in [-0.25, -0.2) is 4.98 Å². The number of piperidine rings is 1. The van der Waals surface area contributed by atoms with Crippen LogP contribution in [0.2, 0.25) is 0 Å². The number of nitrogens with zero attached hydrogens (tertiary/aromatic N) is 2. The maximum Gasteiger partial charge on any atom is 0.0897 e. The number of hydrogen-bond donors (Lipinski definition) is 1. The lowest BCUT2D eigenvalue weighted by Crippen LogP contribution is -2.36. The lowest BCUT2D eigenvalue weighted by Gasteiger charge is -2.29. The van der Waals surface area contributed by atoms with Gasteiger partial charge in [-0.15, -0.1) is 11.3 Å². The maximum absolute atomic E-state index is 4.38. The third-order valence-electron chi connectivity index (χ3n) is 4.04. The van der Waals surface area contributed by atoms with Crippen LogP contribution in [0.4, 0.5) is 0 Å². The van der Waals surface area contributed by atoms with Crippen LogP contribution in [0.25, 0.3) is 0 Å². The summed E-state index contributed by atoms with van der Waals surface area (Å²) in [5, 5.41) is 4.66. The van der Waals surface area contributed by atoms with Gasteiger partial charge in [0.05, 0.1) is 5.01 Å². The molecule has 0 radical (unpaired) electrons. The van der Waals surface area contributed by atoms with Crippen molar-refractivity contribution in [1.29, 1.82) is 0 Å². The first kappa shape index (κ1) is 12.6. The van der Waals surface area contributed by atoms with E-state index in [-0.39, 0.29) is 0 Å². The summed E-state index contributed by atoms with van der Waals surface area (Å²) in [7, 11) is 0. The fraction of sp³-hybridized carbons (Fsp3) is 0.786. The van der Waals surface area contributed by atoms with Crippen LogP contribution in [0.15, 0.2) is 6.20 Å². The van der Waals surface area contributed by atoms with Gasteiger partial charge in [0.1, 0.15) is 0 Å². The molecule has 0 aromatic carbocycles. The Kier molecular flexibility index (Phi) is 3.97. The molecule has 1 aromatic heterocycles. The molecule has 3 rings (SSSR count). The number of hydrogen-bond acceptors (Lipinski definition) is 4. The van der Waals surface area contributed by atoms with Gasteiger partial charge in [0, 0.05) is 30.2 Å². The molecule has 1 aliphatic heterocycles. The van der Waals surface area contributed by atoms with Crippen molar-refractivity contribution in [2.24, 2.45) is 5.92 Å². The molecule has 0 amide bonds. The van der Waals surface area contributed by atoms with Crippen LogP contribution in [0.5, 0.6) is 0 Å². The van der Waals surface area contributed by atoms with Gasteiger partial charge < -0.3 is 5.32 Å². The highest BCUT2D eigenvalue weighted by Crippen LogP contribution is 2.31. The molecule has 2 heterocycles. The van der Waals surface area contributed by atoms with Gasteiger partial charge in [-0.05, 0) is 51.6 Å². The van der Waals surface area contributed by atoms with Crippen molar-refractivity contribution < 1.29 is 0 Å². The number of aryl methyl sites for hydroxylation is 1. The largest absolute Gasteiger partial charge is 0.317 e. The topological polar surface area (TPSA) is 28.2 Å². The summed E-state index contributed by atoms with van der Waals surface area (Å²) in [6, 6.07) is 0.863. The Morgan fingerprint density at radius 2 is 2.11 bits per heavy atom. The minimum atomic E-state index is 0.863. The van der Waals surface area contributed by atoms with Crippen molar-refractivity contribution in [3.63, 3.8) is 0 Å². The summed E-state index contributed by atoms with van der Waals surface area (Å²) in [6.45, 7) is 6.94. The van der Waals surface area contributed by atoms with Crippen LogP contribution in [0.3, 0.4) is 0 Å². The van der Waals surface area contributed by atoms with Gasteiger partial charge in [0.15, 0.2) is 0 Å². The fourth-order valence-corrected chi connectivity index (χ4v) is 3.68. The van der Waals surface area contributed by atoms with Gasteiger partial charge in [-0.3, -0.25) is 4.90 Å². The van der Waals surface area contributed by atoms with Crippen LogP contribution >= 0.6 is 11.3 Å². The first-order valence-electron chi connectivity index (χ1n) is 7.17. The summed E-state index contributed by atoms with van der Waals surface area (Å²) >= 11 is 1.86. The molecular weight excluding hydrogens is 242 g/mol. The molecule has 0 spiro atoms. The second-order valence-corrected chi connectivity index (χ2v) is 7.02. The summed E-state index contributed by atoms with van der Waals surface area (Å²) in [4.78, 5) is 8.53. The monoisotopic (exact) mass is 265 g/mol. The Morgan fingerprint density at radius 1 is 1.33 bits per heavy atom. The first-order chi connectivity index (χ1) is 8.81. The van der Waals surface area contributed by atoms with Crippen molar-refractivity contribution in [3.05, 3.63) is 16.1 Å². The number of thiazole rings is 1. The molecule has 0 atom stereocenters. The molecule has 0 unspecified atom stereocenters. The lowest BCUT2D eigenvalue weighted by molar-refractivity contribution is 0.191. The maximum atomic E-state index is 4.38. The van der Waals surface area contributed by atoms with E-state index in [2.05, 4.69) is 28.3 Å². The average molecular weight is 265 g/mol. The van der Waals surface area contributed by atoms with E-state index in [1.807, 2.05) is 11.3 Å². The van der Waals surface area contributed by atoms with E-state index in [1.54, 1.807) is 0 Å². The average Bonchev–Trinajstić information content (AvgIpc) is 3.15. The van der Waals surface area contributed by atoms with Crippen molar-refractivity contribution >= 4 is 11.3 Å². The van der Waals surface area contributed by atoms with E-state index < -0.39 is 0 Å². The highest BCUT2D eigenvalue weighted by atomic mass is 32.1. The molecule has 2 fully saturated rings. The van der Waals surface area contributed by atoms with Gasteiger partial charge in [0.25, 0.3) is 0 Å². The second-order valence-electron chi connectivity index (χ2n) is 5.70. The predicted octanol–water partition coefficient (Wildman–Crippen LogP) is 2.42. The Hall–Kier alpha value is -0.450. The van der Waals surface area contributed by atoms with Gasteiger partial charge in [0.2, 0.25) is 0 Å². The van der Waals surface area contributed by atoms with Crippen LogP contribution in [0.1, 0.15) is 35.6 Å². The zero-order valence-electron chi connectivity index (χ0n) is 11.2. The predicted molar refractivity (Wildman–Crippen MR) is 75.9 cm³/mol. The standard InChI is InChI=1S/C14H23N3S/c1-11-16-8-14(18-11)10-17(13-2-3-13)9-12-4-6-15-7-5-12/h8,12-13,15H,2-7,9-10H2,1H3. The first-order valence-corrected chi connectivity index (χ1v) is 7.99. The number of rotatable bonds is 5. The van der Waals surface area contributed by atoms with E-state index in [4.69, 9.17) is 0 Å². The zero-order chi connectivity index (χ0) is 12.4. The normalized spacial score (nSPS) is 21.7. The molecule has 1 saturated heterocycles. The van der Waals surface area contributed by atoms with E-state index in [0.29, 0.717) is 0 Å². The fourth-order valence-electron chi connectivity index (χ4n) is 2.86. The minimum absolute atomic E-state index is 0.863. The molecular formula is C14H23N3S. The quantitative estimate of drug-likeness (QED) is 0.886. The highest BCUT2D eigenvalue weighted by molar-refractivity contribution is 7.11. The van der Waals surface area contributed by atoms with Gasteiger partial charge in [-0.2, -0.15) is 0 Å². The SMILES string of the molecule is Cc1ncc(CN(CC2CCNCC2)C2CC2)s1. The molecule has 100 valence electrons. The molecule has 3 nitrogen and oxygen atoms in total. The van der Waals surface area contributed by atoms with Gasteiger partial charge in [-0.1, -0.05) is 0 Å². The number of aromatic nitrogens is 1. The number of nitrogens with one attached hydrogen (secondary N) is 1. The van der Waals surface area contributed by atoms with E-state index in [1.165, 1.54) is 55.2 Å². The summed E-state index contributed by atoms with van der Waals surface area (Å²) < 4.78 is 0. The van der Waals surface area contributed by atoms with Crippen molar-refractivity contribution in [3.8, 4) is 0 Å². The smallest absolute Gasteiger partial charge is 0.0897 e. The van der Waals surface area contributed by atoms with E-state index >= 15 is 0 Å². The van der Waals surface area contributed by atoms with Crippen molar-refractivity contribution in [2.45, 2.75) is 45.2 Å². The minimum Gasteiger partial charge on any atom is -0.317 e. The van der Waals surface area contributed by atoms with Crippen molar-refractivity contribution in [2.75, 3.05) is 19.6 Å². The Bertz CT molecular complexity index is 380. The Labute approximate surface area is 114 Å². The third-order valence-corrected chi connectivity index (χ3v) is 4.94. The Morgan fingerprint density at radius 3 is 2.72 bits per heavy atom. The molecule has 18 heavy (non-hydrogen) atoms. The van der Waals surface area contributed by atoms with Gasteiger partial charge >= 0.3 is 0 Å². The molecule has 0 bridgehead atoms. The summed E-state index contributed by atoms with van der Waals surface area (Å²) in [5.41, 5.74) is 0. The lowest BCUT2D eigenvalue weighted by atomic mass is 9.97. The molecule has 4 heteroatoms. The van der Waals surface area contributed by atoms with E-state index in [0.717, 1.165) is 18.5 Å².